The van der Waals surface area contributed by atoms with Gasteiger partial charge in [-0.25, -0.2) is 4.79 Å². The maximum absolute atomic E-state index is 11.3. The Labute approximate surface area is 142 Å². The first-order valence-corrected chi connectivity index (χ1v) is 10.0. The summed E-state index contributed by atoms with van der Waals surface area (Å²) in [5, 5.41) is 5.69. The molecule has 0 aliphatic heterocycles. The Bertz CT molecular complexity index is 330. The van der Waals surface area contributed by atoms with E-state index >= 15 is 0 Å². The second-order valence-corrected chi connectivity index (χ2v) is 7.27. The van der Waals surface area contributed by atoms with Gasteiger partial charge >= 0.3 is 6.09 Å². The molecule has 2 N–H and O–H groups in total. The van der Waals surface area contributed by atoms with Gasteiger partial charge in [0.05, 0.1) is 13.2 Å². The largest absolute Gasteiger partial charge is 0.450 e. The van der Waals surface area contributed by atoms with Gasteiger partial charge in [-0.1, -0.05) is 47.3 Å². The van der Waals surface area contributed by atoms with Gasteiger partial charge in [-0.3, -0.25) is 0 Å². The molecule has 0 aromatic carbocycles. The van der Waals surface area contributed by atoms with Crippen LogP contribution in [0.25, 0.3) is 0 Å². The standard InChI is InChI=1S/C15H28N2O3S2/c1-14(2)7-6-8-17-15(18)20-11-5-4-10-19-13-22-21-12-9-16-3/h14,16H,4-5,8-13H2,1-3H3,(H,17,18). The van der Waals surface area contributed by atoms with E-state index in [-0.39, 0.29) is 0 Å². The van der Waals surface area contributed by atoms with Crippen molar-refractivity contribution in [2.45, 2.75) is 26.7 Å². The summed E-state index contributed by atoms with van der Waals surface area (Å²) in [7, 11) is 5.47. The van der Waals surface area contributed by atoms with Gasteiger partial charge < -0.3 is 20.1 Å². The third-order valence-electron chi connectivity index (χ3n) is 2.28. The summed E-state index contributed by atoms with van der Waals surface area (Å²) in [4.78, 5) is 11.3. The predicted molar refractivity (Wildman–Crippen MR) is 96.0 cm³/mol. The minimum atomic E-state index is -0.407. The second kappa shape index (κ2) is 16.8. The fourth-order valence-electron chi connectivity index (χ4n) is 1.22. The molecule has 0 bridgehead atoms. The van der Waals surface area contributed by atoms with Gasteiger partial charge in [0, 0.05) is 24.8 Å². The first-order chi connectivity index (χ1) is 10.7. The number of amides is 1. The van der Waals surface area contributed by atoms with Crippen LogP contribution >= 0.6 is 21.6 Å². The van der Waals surface area contributed by atoms with Crippen molar-refractivity contribution in [3.63, 3.8) is 0 Å². The van der Waals surface area contributed by atoms with E-state index < -0.39 is 6.09 Å². The number of alkyl carbamates (subject to hydrolysis) is 1. The van der Waals surface area contributed by atoms with Crippen molar-refractivity contribution < 1.29 is 14.3 Å². The Kier molecular flexibility index (Phi) is 16.4. The van der Waals surface area contributed by atoms with E-state index in [1.54, 1.807) is 21.6 Å². The van der Waals surface area contributed by atoms with Crippen molar-refractivity contribution >= 4 is 27.7 Å². The van der Waals surface area contributed by atoms with Crippen molar-refractivity contribution in [3.8, 4) is 11.8 Å². The normalized spacial score (nSPS) is 10.2. The highest BCUT2D eigenvalue weighted by Crippen LogP contribution is 2.20. The number of carbonyl (C=O) groups excluding carboxylic acids is 1. The molecular weight excluding hydrogens is 320 g/mol. The Balaban J connectivity index is 3.22. The number of rotatable bonds is 12. The summed E-state index contributed by atoms with van der Waals surface area (Å²) < 4.78 is 10.5. The SMILES string of the molecule is CNCCSSCOCCCCOC(=O)NCC#CC(C)C. The molecule has 1 amide bonds. The molecule has 0 fully saturated rings. The molecule has 22 heavy (non-hydrogen) atoms. The molecule has 5 nitrogen and oxygen atoms in total. The van der Waals surface area contributed by atoms with Gasteiger partial charge in [0.2, 0.25) is 0 Å². The van der Waals surface area contributed by atoms with E-state index in [1.807, 2.05) is 20.9 Å². The van der Waals surface area contributed by atoms with Crippen LogP contribution < -0.4 is 10.6 Å². The number of ether oxygens (including phenoxy) is 2. The van der Waals surface area contributed by atoms with Gasteiger partial charge in [0.15, 0.2) is 0 Å². The summed E-state index contributed by atoms with van der Waals surface area (Å²) in [6.45, 7) is 6.48. The molecule has 0 unspecified atom stereocenters. The van der Waals surface area contributed by atoms with Crippen molar-refractivity contribution in [3.05, 3.63) is 0 Å². The fraction of sp³-hybridized carbons (Fsp3) is 0.800. The van der Waals surface area contributed by atoms with Crippen LogP contribution in [0.3, 0.4) is 0 Å². The molecule has 0 aliphatic rings. The van der Waals surface area contributed by atoms with Crippen LogP contribution in [-0.2, 0) is 9.47 Å². The fourth-order valence-corrected chi connectivity index (χ4v) is 2.89. The highest BCUT2D eigenvalue weighted by Gasteiger charge is 1.99. The Morgan fingerprint density at radius 3 is 2.73 bits per heavy atom. The van der Waals surface area contributed by atoms with E-state index in [9.17, 15) is 4.79 Å². The lowest BCUT2D eigenvalue weighted by Gasteiger charge is -2.06. The quantitative estimate of drug-likeness (QED) is 0.245. The molecule has 0 aromatic heterocycles. The lowest BCUT2D eigenvalue weighted by Crippen LogP contribution is -2.25. The Morgan fingerprint density at radius 1 is 1.23 bits per heavy atom. The van der Waals surface area contributed by atoms with Gasteiger partial charge in [0.25, 0.3) is 0 Å². The van der Waals surface area contributed by atoms with Crippen LogP contribution in [0.5, 0.6) is 0 Å². The monoisotopic (exact) mass is 348 g/mol. The lowest BCUT2D eigenvalue weighted by atomic mass is 10.2. The van der Waals surface area contributed by atoms with Crippen LogP contribution in [-0.4, -0.2) is 51.1 Å². The molecule has 0 heterocycles. The summed E-state index contributed by atoms with van der Waals surface area (Å²) in [6, 6.07) is 0. The van der Waals surface area contributed by atoms with E-state index in [1.165, 1.54) is 0 Å². The van der Waals surface area contributed by atoms with E-state index in [0.717, 1.165) is 25.1 Å². The smallest absolute Gasteiger partial charge is 0.407 e. The summed E-state index contributed by atoms with van der Waals surface area (Å²) in [5.74, 6) is 7.93. The number of carbonyl (C=O) groups is 1. The van der Waals surface area contributed by atoms with Crippen LogP contribution in [0.4, 0.5) is 4.79 Å². The Morgan fingerprint density at radius 2 is 2.00 bits per heavy atom. The van der Waals surface area contributed by atoms with Crippen molar-refractivity contribution in [1.29, 1.82) is 0 Å². The van der Waals surface area contributed by atoms with Crippen molar-refractivity contribution in [2.75, 3.05) is 45.0 Å². The van der Waals surface area contributed by atoms with Crippen LogP contribution in [0, 0.1) is 17.8 Å². The molecule has 0 saturated heterocycles. The molecular formula is C15H28N2O3S2. The number of hydrogen-bond acceptors (Lipinski definition) is 6. The first kappa shape index (κ1) is 21.4. The minimum Gasteiger partial charge on any atom is -0.450 e. The van der Waals surface area contributed by atoms with E-state index in [4.69, 9.17) is 9.47 Å². The van der Waals surface area contributed by atoms with Crippen LogP contribution in [0.15, 0.2) is 0 Å². The molecule has 0 aliphatic carbocycles. The van der Waals surface area contributed by atoms with Gasteiger partial charge in [-0.05, 0) is 19.9 Å². The molecule has 0 saturated carbocycles. The number of unbranched alkanes of at least 4 members (excludes halogenated alkanes) is 1. The molecule has 0 atom stereocenters. The van der Waals surface area contributed by atoms with E-state index in [2.05, 4.69) is 22.5 Å². The second-order valence-electron chi connectivity index (χ2n) is 4.74. The maximum atomic E-state index is 11.3. The topological polar surface area (TPSA) is 59.6 Å². The highest BCUT2D eigenvalue weighted by atomic mass is 33.1. The van der Waals surface area contributed by atoms with Crippen LogP contribution in [0.1, 0.15) is 26.7 Å². The average Bonchev–Trinajstić information content (AvgIpc) is 2.49. The third kappa shape index (κ3) is 17.5. The molecule has 0 rings (SSSR count). The average molecular weight is 349 g/mol. The number of hydrogen-bond donors (Lipinski definition) is 2. The minimum absolute atomic E-state index is 0.317. The predicted octanol–water partition coefficient (Wildman–Crippen LogP) is 2.73. The molecule has 7 heteroatoms. The maximum Gasteiger partial charge on any atom is 0.407 e. The first-order valence-electron chi connectivity index (χ1n) is 7.52. The lowest BCUT2D eigenvalue weighted by molar-refractivity contribution is 0.134. The van der Waals surface area contributed by atoms with E-state index in [0.29, 0.717) is 31.6 Å². The zero-order chi connectivity index (χ0) is 16.5. The summed E-state index contributed by atoms with van der Waals surface area (Å²) >= 11 is 0. The summed E-state index contributed by atoms with van der Waals surface area (Å²) in [6.07, 6.45) is 1.29. The van der Waals surface area contributed by atoms with Gasteiger partial charge in [-0.15, -0.1) is 0 Å². The van der Waals surface area contributed by atoms with Crippen molar-refractivity contribution in [2.24, 2.45) is 5.92 Å². The molecule has 0 spiro atoms. The van der Waals surface area contributed by atoms with Gasteiger partial charge in [0.1, 0.15) is 5.94 Å². The zero-order valence-electron chi connectivity index (χ0n) is 13.8. The molecule has 0 radical (unpaired) electrons. The summed E-state index contributed by atoms with van der Waals surface area (Å²) in [5.41, 5.74) is 0. The third-order valence-corrected chi connectivity index (χ3v) is 4.37. The van der Waals surface area contributed by atoms with Crippen LogP contribution in [0.2, 0.25) is 0 Å². The van der Waals surface area contributed by atoms with Gasteiger partial charge in [-0.2, -0.15) is 0 Å². The number of nitrogens with one attached hydrogen (secondary N) is 2. The molecule has 0 aromatic rings. The van der Waals surface area contributed by atoms with Crippen molar-refractivity contribution in [1.82, 2.24) is 10.6 Å². The molecule has 128 valence electrons. The zero-order valence-corrected chi connectivity index (χ0v) is 15.4. The highest BCUT2D eigenvalue weighted by molar-refractivity contribution is 8.76. The Hall–Kier alpha value is -0.550.